The number of likely N-dealkylation sites (tertiary alicyclic amines) is 1. The van der Waals surface area contributed by atoms with Crippen molar-refractivity contribution in [2.45, 2.75) is 49.0 Å². The third kappa shape index (κ3) is 2.00. The summed E-state index contributed by atoms with van der Waals surface area (Å²) in [5, 5.41) is 37.0. The average molecular weight is 407 g/mol. The van der Waals surface area contributed by atoms with Gasteiger partial charge in [-0.2, -0.15) is 0 Å². The van der Waals surface area contributed by atoms with Gasteiger partial charge in [-0.05, 0) is 23.3 Å². The van der Waals surface area contributed by atoms with Gasteiger partial charge in [0.25, 0.3) is 0 Å². The van der Waals surface area contributed by atoms with Gasteiger partial charge >= 0.3 is 0 Å². The van der Waals surface area contributed by atoms with Crippen LogP contribution in [0.5, 0.6) is 0 Å². The summed E-state index contributed by atoms with van der Waals surface area (Å²) in [5.74, 6) is 0.211. The van der Waals surface area contributed by atoms with E-state index in [-0.39, 0.29) is 5.78 Å². The van der Waals surface area contributed by atoms with Crippen molar-refractivity contribution in [3.05, 3.63) is 76.2 Å². The molecule has 156 valence electrons. The average Bonchev–Trinajstić information content (AvgIpc) is 3.08. The predicted molar refractivity (Wildman–Crippen MR) is 109 cm³/mol. The van der Waals surface area contributed by atoms with Crippen molar-refractivity contribution in [2.75, 3.05) is 13.6 Å². The fourth-order valence-corrected chi connectivity index (χ4v) is 6.69. The summed E-state index contributed by atoms with van der Waals surface area (Å²) in [7, 11) is 1.61. The number of carbonyl (C=O) groups is 1. The number of nitrogens with zero attached hydrogens (tertiary/aromatic N) is 1. The molecule has 0 aromatic heterocycles. The summed E-state index contributed by atoms with van der Waals surface area (Å²) in [4.78, 5) is 12.9. The van der Waals surface area contributed by atoms with Crippen LogP contribution in [0.1, 0.15) is 24.8 Å². The molecule has 2 bridgehead atoms. The minimum absolute atomic E-state index is 0.210. The largest absolute Gasteiger partial charge is 0.633 e. The SMILES string of the molecule is C[N+]1([O-])CC[C@]23C4=C5O[C@H]2C(=O)C=C[C@@]3(O)[C@H]1CC4=CCC5(O)Cc1ccccc1. The lowest BCUT2D eigenvalue weighted by atomic mass is 9.48. The molecule has 2 fully saturated rings. The lowest BCUT2D eigenvalue weighted by Crippen LogP contribution is -2.76. The molecule has 2 N–H and O–H groups in total. The Morgan fingerprint density at radius 3 is 2.80 bits per heavy atom. The highest BCUT2D eigenvalue weighted by Crippen LogP contribution is 2.67. The summed E-state index contributed by atoms with van der Waals surface area (Å²) in [6.45, 7) is 0.301. The molecule has 0 radical (unpaired) electrons. The molecule has 6 rings (SSSR count). The highest BCUT2D eigenvalue weighted by molar-refractivity contribution is 5.98. The van der Waals surface area contributed by atoms with Gasteiger partial charge in [-0.3, -0.25) is 4.79 Å². The Kier molecular flexibility index (Phi) is 3.40. The molecule has 1 aromatic carbocycles. The van der Waals surface area contributed by atoms with Gasteiger partial charge in [0, 0.05) is 31.3 Å². The Balaban J connectivity index is 1.56. The smallest absolute Gasteiger partial charge is 0.196 e. The van der Waals surface area contributed by atoms with E-state index >= 15 is 0 Å². The van der Waals surface area contributed by atoms with Crippen LogP contribution < -0.4 is 0 Å². The van der Waals surface area contributed by atoms with Gasteiger partial charge in [0.1, 0.15) is 23.0 Å². The molecule has 1 spiro atoms. The molecule has 3 aliphatic carbocycles. The minimum atomic E-state index is -1.47. The monoisotopic (exact) mass is 407 g/mol. The number of ketones is 1. The van der Waals surface area contributed by atoms with Crippen LogP contribution in [-0.2, 0) is 16.0 Å². The Bertz CT molecular complexity index is 1060. The number of benzene rings is 1. The first-order valence-electron chi connectivity index (χ1n) is 10.6. The van der Waals surface area contributed by atoms with E-state index in [1.54, 1.807) is 7.05 Å². The minimum Gasteiger partial charge on any atom is -0.633 e. The first kappa shape index (κ1) is 18.5. The third-order valence-electron chi connectivity index (χ3n) is 8.13. The van der Waals surface area contributed by atoms with Crippen LogP contribution in [0.15, 0.2) is 65.5 Å². The van der Waals surface area contributed by atoms with E-state index in [9.17, 15) is 20.2 Å². The van der Waals surface area contributed by atoms with E-state index in [0.717, 1.165) is 16.7 Å². The molecule has 6 heteroatoms. The van der Waals surface area contributed by atoms with Crippen LogP contribution in [0.2, 0.25) is 0 Å². The predicted octanol–water partition coefficient (Wildman–Crippen LogP) is 1.92. The van der Waals surface area contributed by atoms with Crippen LogP contribution >= 0.6 is 0 Å². The lowest BCUT2D eigenvalue weighted by Gasteiger charge is -2.65. The van der Waals surface area contributed by atoms with E-state index < -0.39 is 33.4 Å². The zero-order valence-electron chi connectivity index (χ0n) is 16.9. The number of hydrogen-bond donors (Lipinski definition) is 2. The third-order valence-corrected chi connectivity index (χ3v) is 8.13. The Labute approximate surface area is 174 Å². The molecule has 2 heterocycles. The summed E-state index contributed by atoms with van der Waals surface area (Å²) in [6.07, 6.45) is 5.47. The van der Waals surface area contributed by atoms with Crippen molar-refractivity contribution in [2.24, 2.45) is 5.41 Å². The Morgan fingerprint density at radius 1 is 1.27 bits per heavy atom. The fraction of sp³-hybridized carbons (Fsp3) is 0.458. The first-order valence-corrected chi connectivity index (χ1v) is 10.6. The molecule has 1 saturated carbocycles. The van der Waals surface area contributed by atoms with Gasteiger partial charge in [0.05, 0.1) is 19.0 Å². The maximum Gasteiger partial charge on any atom is 0.196 e. The highest BCUT2D eigenvalue weighted by Gasteiger charge is 2.76. The van der Waals surface area contributed by atoms with Crippen molar-refractivity contribution in [3.63, 3.8) is 0 Å². The number of likely N-dealkylation sites (N-methyl/N-ethyl adjacent to an activating group) is 1. The van der Waals surface area contributed by atoms with Gasteiger partial charge < -0.3 is 24.8 Å². The highest BCUT2D eigenvalue weighted by atomic mass is 16.6. The molecular formula is C24H25NO5. The van der Waals surface area contributed by atoms with Gasteiger partial charge in [0.15, 0.2) is 11.9 Å². The summed E-state index contributed by atoms with van der Waals surface area (Å²) in [5.41, 5.74) is -1.07. The zero-order chi connectivity index (χ0) is 20.9. The van der Waals surface area contributed by atoms with Crippen molar-refractivity contribution >= 4 is 5.78 Å². The summed E-state index contributed by atoms with van der Waals surface area (Å²) < 4.78 is 5.74. The topological polar surface area (TPSA) is 89.8 Å². The number of aliphatic hydroxyl groups is 2. The lowest BCUT2D eigenvalue weighted by molar-refractivity contribution is -0.903. The number of piperidine rings is 1. The van der Waals surface area contributed by atoms with Crippen LogP contribution in [0, 0.1) is 10.6 Å². The second-order valence-electron chi connectivity index (χ2n) is 9.73. The van der Waals surface area contributed by atoms with E-state index in [4.69, 9.17) is 4.74 Å². The standard InChI is InChI=1S/C24H25NO5/c1-25(29)12-11-23-19-16-7-9-22(27,14-15-5-3-2-4-6-15)21(19)30-20(23)17(26)8-10-24(23,28)18(25)13-16/h2-8,10,18,20,27-28H,9,11-14H2,1H3/t18-,20+,22?,23+,24-,25?/m1/s1. The quantitative estimate of drug-likeness (QED) is 0.578. The normalized spacial score (nSPS) is 45.7. The Morgan fingerprint density at radius 2 is 2.03 bits per heavy atom. The number of hydrogen-bond acceptors (Lipinski definition) is 5. The number of quaternary nitrogens is 1. The van der Waals surface area contributed by atoms with Crippen LogP contribution in [0.25, 0.3) is 0 Å². The molecule has 30 heavy (non-hydrogen) atoms. The molecule has 5 aliphatic rings. The van der Waals surface area contributed by atoms with Crippen LogP contribution in [-0.4, -0.2) is 57.6 Å². The Hall–Kier alpha value is -2.25. The van der Waals surface area contributed by atoms with Crippen LogP contribution in [0.3, 0.4) is 0 Å². The maximum atomic E-state index is 13.3. The molecule has 6 nitrogen and oxygen atoms in total. The number of rotatable bonds is 2. The second-order valence-corrected chi connectivity index (χ2v) is 9.73. The molecular weight excluding hydrogens is 382 g/mol. The van der Waals surface area contributed by atoms with Gasteiger partial charge in [-0.15, -0.1) is 0 Å². The molecule has 1 saturated heterocycles. The number of carbonyl (C=O) groups excluding carboxylic acids is 1. The van der Waals surface area contributed by atoms with Crippen molar-refractivity contribution in [3.8, 4) is 0 Å². The summed E-state index contributed by atoms with van der Waals surface area (Å²) >= 11 is 0. The number of hydroxylamine groups is 3. The van der Waals surface area contributed by atoms with E-state index in [0.29, 0.717) is 38.0 Å². The van der Waals surface area contributed by atoms with Gasteiger partial charge in [0.2, 0.25) is 0 Å². The molecule has 2 unspecified atom stereocenters. The van der Waals surface area contributed by atoms with Crippen molar-refractivity contribution in [1.29, 1.82) is 0 Å². The fourth-order valence-electron chi connectivity index (χ4n) is 6.69. The van der Waals surface area contributed by atoms with Gasteiger partial charge in [-0.25, -0.2) is 0 Å². The molecule has 0 amide bonds. The second kappa shape index (κ2) is 5.51. The first-order chi connectivity index (χ1) is 14.2. The molecule has 6 atom stereocenters. The van der Waals surface area contributed by atoms with Crippen LogP contribution in [0.4, 0.5) is 0 Å². The summed E-state index contributed by atoms with van der Waals surface area (Å²) in [6, 6.07) is 9.11. The van der Waals surface area contributed by atoms with Gasteiger partial charge in [-0.1, -0.05) is 36.4 Å². The molecule has 2 aliphatic heterocycles. The van der Waals surface area contributed by atoms with E-state index in [1.165, 1.54) is 12.2 Å². The maximum absolute atomic E-state index is 13.3. The number of ether oxygens (including phenoxy) is 1. The molecule has 1 aromatic rings. The van der Waals surface area contributed by atoms with E-state index in [2.05, 4.69) is 0 Å². The van der Waals surface area contributed by atoms with E-state index in [1.807, 2.05) is 36.4 Å². The zero-order valence-corrected chi connectivity index (χ0v) is 16.9. The van der Waals surface area contributed by atoms with Crippen molar-refractivity contribution < 1.29 is 24.4 Å². The van der Waals surface area contributed by atoms with Crippen molar-refractivity contribution in [1.82, 2.24) is 0 Å².